The summed E-state index contributed by atoms with van der Waals surface area (Å²) >= 11 is 0. The molecular formula is C17H24N2O2. The second-order valence-corrected chi connectivity index (χ2v) is 6.35. The Balaban J connectivity index is 2.69. The van der Waals surface area contributed by atoms with Gasteiger partial charge in [0.05, 0.1) is 13.2 Å². The maximum Gasteiger partial charge on any atom is 0.221 e. The summed E-state index contributed by atoms with van der Waals surface area (Å²) in [5, 5.41) is 12.2. The van der Waals surface area contributed by atoms with Crippen molar-refractivity contribution in [2.75, 3.05) is 7.11 Å². The van der Waals surface area contributed by atoms with Crippen LogP contribution in [0.5, 0.6) is 5.75 Å². The number of amides is 1. The predicted octanol–water partition coefficient (Wildman–Crippen LogP) is 3.07. The van der Waals surface area contributed by atoms with E-state index in [0.29, 0.717) is 12.8 Å². The molecule has 4 nitrogen and oxygen atoms in total. The van der Waals surface area contributed by atoms with Crippen molar-refractivity contribution in [3.8, 4) is 11.8 Å². The van der Waals surface area contributed by atoms with Gasteiger partial charge in [0.1, 0.15) is 11.3 Å². The van der Waals surface area contributed by atoms with Gasteiger partial charge in [0.15, 0.2) is 0 Å². The second-order valence-electron chi connectivity index (χ2n) is 6.35. The highest BCUT2D eigenvalue weighted by Crippen LogP contribution is 2.29. The Hall–Kier alpha value is -2.02. The standard InChI is InChI=1S/C17H24N2O2/c1-16(2,3)17(4,12-18)19-15(20)11-10-13-8-6-7-9-14(13)21-5/h6-9H,10-11H2,1-5H3,(H,19,20). The van der Waals surface area contributed by atoms with Crippen LogP contribution >= 0.6 is 0 Å². The third-order valence-corrected chi connectivity index (χ3v) is 3.93. The maximum atomic E-state index is 12.1. The minimum absolute atomic E-state index is 0.125. The highest BCUT2D eigenvalue weighted by atomic mass is 16.5. The van der Waals surface area contributed by atoms with Crippen LogP contribution in [-0.4, -0.2) is 18.6 Å². The molecule has 0 heterocycles. The highest BCUT2D eigenvalue weighted by Gasteiger charge is 2.38. The van der Waals surface area contributed by atoms with Gasteiger partial charge >= 0.3 is 0 Å². The molecule has 1 rings (SSSR count). The summed E-state index contributed by atoms with van der Waals surface area (Å²) in [7, 11) is 1.62. The van der Waals surface area contributed by atoms with Crippen molar-refractivity contribution in [2.45, 2.75) is 46.1 Å². The van der Waals surface area contributed by atoms with Gasteiger partial charge in [-0.2, -0.15) is 5.26 Å². The molecule has 0 spiro atoms. The number of aryl methyl sites for hydroxylation is 1. The molecule has 0 aromatic heterocycles. The molecule has 0 saturated carbocycles. The number of ether oxygens (including phenoxy) is 1. The molecule has 114 valence electrons. The average Bonchev–Trinajstić information content (AvgIpc) is 2.44. The summed E-state index contributed by atoms with van der Waals surface area (Å²) in [4.78, 5) is 12.1. The van der Waals surface area contributed by atoms with Gasteiger partial charge < -0.3 is 10.1 Å². The number of carbonyl (C=O) groups is 1. The third kappa shape index (κ3) is 4.22. The van der Waals surface area contributed by atoms with Crippen LogP contribution in [0.4, 0.5) is 0 Å². The Morgan fingerprint density at radius 1 is 1.29 bits per heavy atom. The van der Waals surface area contributed by atoms with Gasteiger partial charge in [-0.3, -0.25) is 4.79 Å². The number of nitriles is 1. The summed E-state index contributed by atoms with van der Waals surface area (Å²) in [6.07, 6.45) is 0.912. The minimum Gasteiger partial charge on any atom is -0.496 e. The van der Waals surface area contributed by atoms with Crippen molar-refractivity contribution in [1.29, 1.82) is 5.26 Å². The molecule has 0 aliphatic rings. The van der Waals surface area contributed by atoms with E-state index in [-0.39, 0.29) is 11.3 Å². The lowest BCUT2D eigenvalue weighted by Gasteiger charge is -2.36. The van der Waals surface area contributed by atoms with Crippen LogP contribution in [0, 0.1) is 16.7 Å². The molecular weight excluding hydrogens is 264 g/mol. The van der Waals surface area contributed by atoms with E-state index in [1.165, 1.54) is 0 Å². The quantitative estimate of drug-likeness (QED) is 0.905. The lowest BCUT2D eigenvalue weighted by Crippen LogP contribution is -2.53. The first-order valence-electron chi connectivity index (χ1n) is 7.07. The van der Waals surface area contributed by atoms with Crippen LogP contribution in [0.3, 0.4) is 0 Å². The van der Waals surface area contributed by atoms with Gasteiger partial charge in [0, 0.05) is 6.42 Å². The van der Waals surface area contributed by atoms with Crippen molar-refractivity contribution >= 4 is 5.91 Å². The summed E-state index contributed by atoms with van der Waals surface area (Å²) in [5.41, 5.74) is -0.225. The topological polar surface area (TPSA) is 62.1 Å². The fraction of sp³-hybridized carbons (Fsp3) is 0.529. The van der Waals surface area contributed by atoms with Crippen LogP contribution < -0.4 is 10.1 Å². The molecule has 1 aromatic rings. The molecule has 0 saturated heterocycles. The summed E-state index contributed by atoms with van der Waals surface area (Å²) in [6.45, 7) is 7.58. The predicted molar refractivity (Wildman–Crippen MR) is 82.9 cm³/mol. The number of methoxy groups -OCH3 is 1. The van der Waals surface area contributed by atoms with E-state index in [1.54, 1.807) is 14.0 Å². The van der Waals surface area contributed by atoms with E-state index < -0.39 is 5.54 Å². The van der Waals surface area contributed by atoms with Gasteiger partial charge in [0.2, 0.25) is 5.91 Å². The van der Waals surface area contributed by atoms with Crippen molar-refractivity contribution in [1.82, 2.24) is 5.32 Å². The van der Waals surface area contributed by atoms with Gasteiger partial charge in [-0.05, 0) is 30.4 Å². The largest absolute Gasteiger partial charge is 0.496 e. The Labute approximate surface area is 127 Å². The van der Waals surface area contributed by atoms with Gasteiger partial charge in [-0.15, -0.1) is 0 Å². The molecule has 4 heteroatoms. The molecule has 0 fully saturated rings. The normalized spacial score (nSPS) is 13.9. The molecule has 0 radical (unpaired) electrons. The first-order chi connectivity index (χ1) is 9.73. The Morgan fingerprint density at radius 3 is 2.43 bits per heavy atom. The molecule has 1 amide bonds. The lowest BCUT2D eigenvalue weighted by molar-refractivity contribution is -0.123. The first-order valence-corrected chi connectivity index (χ1v) is 7.07. The summed E-state index contributed by atoms with van der Waals surface area (Å²) in [5.74, 6) is 0.657. The van der Waals surface area contributed by atoms with E-state index in [0.717, 1.165) is 11.3 Å². The number of nitrogens with one attached hydrogen (secondary N) is 1. The zero-order valence-corrected chi connectivity index (χ0v) is 13.5. The van der Waals surface area contributed by atoms with Crippen molar-refractivity contribution < 1.29 is 9.53 Å². The average molecular weight is 288 g/mol. The van der Waals surface area contributed by atoms with Gasteiger partial charge in [0.25, 0.3) is 0 Å². The Morgan fingerprint density at radius 2 is 1.90 bits per heavy atom. The van der Waals surface area contributed by atoms with Crippen molar-refractivity contribution in [3.63, 3.8) is 0 Å². The molecule has 0 aliphatic carbocycles. The number of para-hydroxylation sites is 1. The third-order valence-electron chi connectivity index (χ3n) is 3.93. The van der Waals surface area contributed by atoms with Crippen molar-refractivity contribution in [2.24, 2.45) is 5.41 Å². The van der Waals surface area contributed by atoms with Crippen LogP contribution in [0.2, 0.25) is 0 Å². The van der Waals surface area contributed by atoms with Crippen LogP contribution in [0.1, 0.15) is 39.7 Å². The fourth-order valence-corrected chi connectivity index (χ4v) is 1.88. The molecule has 0 aliphatic heterocycles. The van der Waals surface area contributed by atoms with Gasteiger partial charge in [-0.25, -0.2) is 0 Å². The summed E-state index contributed by atoms with van der Waals surface area (Å²) < 4.78 is 5.27. The fourth-order valence-electron chi connectivity index (χ4n) is 1.88. The SMILES string of the molecule is COc1ccccc1CCC(=O)NC(C)(C#N)C(C)(C)C. The van der Waals surface area contributed by atoms with Crippen LogP contribution in [-0.2, 0) is 11.2 Å². The molecule has 1 N–H and O–H groups in total. The number of benzene rings is 1. The Bertz CT molecular complexity index is 540. The number of rotatable bonds is 5. The summed E-state index contributed by atoms with van der Waals surface area (Å²) in [6, 6.07) is 9.85. The van der Waals surface area contributed by atoms with Crippen LogP contribution in [0.15, 0.2) is 24.3 Å². The molecule has 1 unspecified atom stereocenters. The van der Waals surface area contributed by atoms with E-state index in [1.807, 2.05) is 45.0 Å². The lowest BCUT2D eigenvalue weighted by atomic mass is 9.76. The van der Waals surface area contributed by atoms with E-state index in [4.69, 9.17) is 4.74 Å². The van der Waals surface area contributed by atoms with E-state index in [2.05, 4.69) is 11.4 Å². The number of nitrogens with zero attached hydrogens (tertiary/aromatic N) is 1. The van der Waals surface area contributed by atoms with Crippen molar-refractivity contribution in [3.05, 3.63) is 29.8 Å². The van der Waals surface area contributed by atoms with Crippen LogP contribution in [0.25, 0.3) is 0 Å². The zero-order valence-electron chi connectivity index (χ0n) is 13.5. The van der Waals surface area contributed by atoms with Gasteiger partial charge in [-0.1, -0.05) is 39.0 Å². The minimum atomic E-state index is -0.884. The highest BCUT2D eigenvalue weighted by molar-refractivity contribution is 5.77. The van der Waals surface area contributed by atoms with E-state index in [9.17, 15) is 10.1 Å². The molecule has 21 heavy (non-hydrogen) atoms. The zero-order chi connectivity index (χ0) is 16.1. The number of carbonyl (C=O) groups excluding carboxylic acids is 1. The monoisotopic (exact) mass is 288 g/mol. The maximum absolute atomic E-state index is 12.1. The first kappa shape index (κ1) is 17.0. The molecule has 1 atom stereocenters. The second kappa shape index (κ2) is 6.62. The molecule has 0 bridgehead atoms. The Kier molecular flexibility index (Phi) is 5.37. The van der Waals surface area contributed by atoms with E-state index >= 15 is 0 Å². The number of hydrogen-bond acceptors (Lipinski definition) is 3. The molecule has 1 aromatic carbocycles. The number of hydrogen-bond donors (Lipinski definition) is 1. The smallest absolute Gasteiger partial charge is 0.221 e.